The van der Waals surface area contributed by atoms with Crippen molar-refractivity contribution >= 4 is 23.0 Å². The number of hydrogen-bond acceptors (Lipinski definition) is 5. The number of carbonyl (C=O) groups excluding carboxylic acids is 1. The van der Waals surface area contributed by atoms with Crippen molar-refractivity contribution in [2.24, 2.45) is 28.0 Å². The summed E-state index contributed by atoms with van der Waals surface area (Å²) in [5.41, 5.74) is 1.35. The second kappa shape index (κ2) is 5.25. The van der Waals surface area contributed by atoms with Gasteiger partial charge in [-0.25, -0.2) is 5.84 Å². The first-order chi connectivity index (χ1) is 12.7. The number of rotatable bonds is 3. The zero-order valence-electron chi connectivity index (χ0n) is 16.2. The van der Waals surface area contributed by atoms with Crippen molar-refractivity contribution in [3.05, 3.63) is 18.2 Å². The maximum absolute atomic E-state index is 13.6. The van der Waals surface area contributed by atoms with Crippen molar-refractivity contribution in [1.82, 2.24) is 4.98 Å². The molecule has 2 N–H and O–H groups in total. The molecule has 6 heteroatoms. The van der Waals surface area contributed by atoms with Crippen LogP contribution >= 0.6 is 0 Å². The van der Waals surface area contributed by atoms with E-state index in [0.29, 0.717) is 22.8 Å². The maximum atomic E-state index is 13.6. The molecule has 1 aromatic heterocycles. The van der Waals surface area contributed by atoms with Crippen molar-refractivity contribution in [3.63, 3.8) is 0 Å². The van der Waals surface area contributed by atoms with Crippen LogP contribution in [0.1, 0.15) is 52.4 Å². The number of fused-ring (bicyclic) bond motifs is 1. The molecule has 4 bridgehead atoms. The van der Waals surface area contributed by atoms with Gasteiger partial charge >= 0.3 is 6.01 Å². The first kappa shape index (κ1) is 17.0. The van der Waals surface area contributed by atoms with Crippen LogP contribution in [0.2, 0.25) is 0 Å². The van der Waals surface area contributed by atoms with Gasteiger partial charge in [-0.1, -0.05) is 13.8 Å². The highest BCUT2D eigenvalue weighted by Crippen LogP contribution is 2.69. The van der Waals surface area contributed by atoms with E-state index in [1.165, 1.54) is 19.3 Å². The van der Waals surface area contributed by atoms with Crippen molar-refractivity contribution in [2.45, 2.75) is 52.4 Å². The third kappa shape index (κ3) is 2.49. The fraction of sp³-hybridized carbons (Fsp3) is 0.619. The van der Waals surface area contributed by atoms with Crippen LogP contribution in [0.4, 0.5) is 6.01 Å². The predicted octanol–water partition coefficient (Wildman–Crippen LogP) is 4.04. The zero-order chi connectivity index (χ0) is 19.0. The Morgan fingerprint density at radius 3 is 2.56 bits per heavy atom. The summed E-state index contributed by atoms with van der Waals surface area (Å²) < 4.78 is 11.0. The predicted molar refractivity (Wildman–Crippen MR) is 102 cm³/mol. The van der Waals surface area contributed by atoms with Crippen LogP contribution in [0.15, 0.2) is 22.6 Å². The third-order valence-electron chi connectivity index (χ3n) is 7.09. The summed E-state index contributed by atoms with van der Waals surface area (Å²) in [5.74, 6) is 7.55. The van der Waals surface area contributed by atoms with E-state index in [1.54, 1.807) is 13.2 Å². The molecule has 2 unspecified atom stereocenters. The molecule has 4 saturated carbocycles. The topological polar surface area (TPSA) is 81.6 Å². The van der Waals surface area contributed by atoms with Crippen molar-refractivity contribution < 1.29 is 13.9 Å². The fourth-order valence-corrected chi connectivity index (χ4v) is 7.15. The van der Waals surface area contributed by atoms with Crippen molar-refractivity contribution in [1.29, 1.82) is 0 Å². The molecule has 0 spiro atoms. The molecule has 0 aliphatic heterocycles. The lowest BCUT2D eigenvalue weighted by molar-refractivity contribution is -0.168. The summed E-state index contributed by atoms with van der Waals surface area (Å²) in [6.07, 6.45) is 6.49. The van der Waals surface area contributed by atoms with E-state index in [2.05, 4.69) is 18.8 Å². The van der Waals surface area contributed by atoms with Gasteiger partial charge in [-0.3, -0.25) is 4.79 Å². The minimum Gasteiger partial charge on any atom is -0.497 e. The Balaban J connectivity index is 1.48. The number of ether oxygens (including phenoxy) is 1. The van der Waals surface area contributed by atoms with Gasteiger partial charge in [0.2, 0.25) is 0 Å². The number of anilines is 1. The summed E-state index contributed by atoms with van der Waals surface area (Å²) in [6, 6.07) is 5.55. The molecule has 4 aliphatic carbocycles. The van der Waals surface area contributed by atoms with Gasteiger partial charge in [-0.15, -0.1) is 0 Å². The van der Waals surface area contributed by atoms with Crippen molar-refractivity contribution in [2.75, 3.05) is 12.1 Å². The third-order valence-corrected chi connectivity index (χ3v) is 7.09. The van der Waals surface area contributed by atoms with E-state index < -0.39 is 0 Å². The standard InChI is InChI=1S/C21H27N3O3/c1-19-7-13-8-20(2,10-19)12-21(9-13,11-19)17(25)24(22)18-23-15-5-4-14(26-3)6-16(15)27-18/h4-6,13H,7-12,22H2,1-3H3. The van der Waals surface area contributed by atoms with Crippen LogP contribution in [0.25, 0.3) is 11.1 Å². The quantitative estimate of drug-likeness (QED) is 0.502. The summed E-state index contributed by atoms with van der Waals surface area (Å²) in [7, 11) is 1.60. The molecule has 1 amide bonds. The molecule has 1 aromatic carbocycles. The molecule has 0 saturated heterocycles. The second-order valence-corrected chi connectivity index (χ2v) is 9.92. The Morgan fingerprint density at radius 2 is 1.93 bits per heavy atom. The molecule has 4 aliphatic rings. The average molecular weight is 369 g/mol. The summed E-state index contributed by atoms with van der Waals surface area (Å²) in [4.78, 5) is 18.0. The van der Waals surface area contributed by atoms with Crippen LogP contribution in [0.5, 0.6) is 5.75 Å². The number of hydrogen-bond donors (Lipinski definition) is 1. The lowest BCUT2D eigenvalue weighted by atomic mass is 9.40. The monoisotopic (exact) mass is 369 g/mol. The van der Waals surface area contributed by atoms with Gasteiger partial charge in [0.1, 0.15) is 11.3 Å². The number of carbonyl (C=O) groups is 1. The first-order valence-corrected chi connectivity index (χ1v) is 9.77. The van der Waals surface area contributed by atoms with Gasteiger partial charge in [0.15, 0.2) is 5.58 Å². The molecule has 2 aromatic rings. The van der Waals surface area contributed by atoms with Crippen LogP contribution in [-0.2, 0) is 4.79 Å². The largest absolute Gasteiger partial charge is 0.497 e. The Kier molecular flexibility index (Phi) is 3.32. The van der Waals surface area contributed by atoms with Gasteiger partial charge in [0.25, 0.3) is 5.91 Å². The maximum Gasteiger partial charge on any atom is 0.320 e. The first-order valence-electron chi connectivity index (χ1n) is 9.77. The van der Waals surface area contributed by atoms with Gasteiger partial charge in [0, 0.05) is 6.07 Å². The summed E-state index contributed by atoms with van der Waals surface area (Å²) in [5, 5.41) is 1.16. The van der Waals surface area contributed by atoms with Crippen LogP contribution < -0.4 is 15.6 Å². The molecular formula is C21H27N3O3. The Labute approximate surface area is 159 Å². The Bertz CT molecular complexity index is 918. The smallest absolute Gasteiger partial charge is 0.320 e. The highest BCUT2D eigenvalue weighted by atomic mass is 16.5. The number of hydrazine groups is 1. The number of nitrogens with two attached hydrogens (primary N) is 1. The van der Waals surface area contributed by atoms with Gasteiger partial charge < -0.3 is 9.15 Å². The van der Waals surface area contributed by atoms with E-state index in [0.717, 1.165) is 24.3 Å². The van der Waals surface area contributed by atoms with Crippen molar-refractivity contribution in [3.8, 4) is 5.75 Å². The van der Waals surface area contributed by atoms with E-state index in [1.807, 2.05) is 12.1 Å². The number of benzene rings is 1. The molecular weight excluding hydrogens is 342 g/mol. The molecule has 1 heterocycles. The van der Waals surface area contributed by atoms with E-state index >= 15 is 0 Å². The molecule has 6 rings (SSSR count). The average Bonchev–Trinajstić information content (AvgIpc) is 3.00. The van der Waals surface area contributed by atoms with Gasteiger partial charge in [0.05, 0.1) is 12.5 Å². The number of amides is 1. The van der Waals surface area contributed by atoms with E-state index in [-0.39, 0.29) is 28.2 Å². The van der Waals surface area contributed by atoms with E-state index in [4.69, 9.17) is 15.0 Å². The highest BCUT2D eigenvalue weighted by Gasteiger charge is 2.63. The van der Waals surface area contributed by atoms with Gasteiger partial charge in [-0.2, -0.15) is 9.99 Å². The SMILES string of the molecule is COc1ccc2nc(N(N)C(=O)C34CC5CC(C)(CC(C)(C5)C3)C4)oc2c1. The molecule has 6 nitrogen and oxygen atoms in total. The number of nitrogens with zero attached hydrogens (tertiary/aromatic N) is 2. The fourth-order valence-electron chi connectivity index (χ4n) is 7.15. The number of oxazole rings is 1. The minimum atomic E-state index is -0.379. The second-order valence-electron chi connectivity index (χ2n) is 9.92. The number of methoxy groups -OCH3 is 1. The molecule has 2 atom stereocenters. The minimum absolute atomic E-state index is 0.0393. The lowest BCUT2D eigenvalue weighted by Crippen LogP contribution is -2.61. The number of aromatic nitrogens is 1. The van der Waals surface area contributed by atoms with Crippen LogP contribution in [-0.4, -0.2) is 18.0 Å². The molecule has 27 heavy (non-hydrogen) atoms. The summed E-state index contributed by atoms with van der Waals surface area (Å²) in [6.45, 7) is 4.70. The van der Waals surface area contributed by atoms with Crippen LogP contribution in [0, 0.1) is 22.2 Å². The van der Waals surface area contributed by atoms with Gasteiger partial charge in [-0.05, 0) is 67.4 Å². The summed E-state index contributed by atoms with van der Waals surface area (Å²) >= 11 is 0. The Hall–Kier alpha value is -2.08. The molecule has 144 valence electrons. The van der Waals surface area contributed by atoms with E-state index in [9.17, 15) is 4.79 Å². The molecule has 0 radical (unpaired) electrons. The Morgan fingerprint density at radius 1 is 1.22 bits per heavy atom. The molecule has 4 fully saturated rings. The zero-order valence-corrected chi connectivity index (χ0v) is 16.2. The normalized spacial score (nSPS) is 37.0. The lowest BCUT2D eigenvalue weighted by Gasteiger charge is -2.64. The van der Waals surface area contributed by atoms with Crippen LogP contribution in [0.3, 0.4) is 0 Å². The highest BCUT2D eigenvalue weighted by molar-refractivity contribution is 5.96.